The molecular formula is C13H17N3. The van der Waals surface area contributed by atoms with Crippen molar-refractivity contribution in [2.75, 3.05) is 6.54 Å². The first-order chi connectivity index (χ1) is 7.81. The average molecular weight is 215 g/mol. The highest BCUT2D eigenvalue weighted by Crippen LogP contribution is 2.20. The van der Waals surface area contributed by atoms with Crippen LogP contribution in [-0.4, -0.2) is 16.3 Å². The third-order valence-corrected chi connectivity index (χ3v) is 2.60. The van der Waals surface area contributed by atoms with Crippen molar-refractivity contribution >= 4 is 0 Å². The van der Waals surface area contributed by atoms with Gasteiger partial charge in [0.05, 0.1) is 12.2 Å². The normalized spacial score (nSPS) is 12.6. The monoisotopic (exact) mass is 215 g/mol. The van der Waals surface area contributed by atoms with Crippen LogP contribution in [0.3, 0.4) is 0 Å². The van der Waals surface area contributed by atoms with Gasteiger partial charge in [0.1, 0.15) is 0 Å². The molecule has 0 aliphatic rings. The summed E-state index contributed by atoms with van der Waals surface area (Å²) in [4.78, 5) is 0. The Labute approximate surface area is 96.1 Å². The van der Waals surface area contributed by atoms with Gasteiger partial charge in [-0.2, -0.15) is 5.10 Å². The average Bonchev–Trinajstić information content (AvgIpc) is 2.74. The second-order valence-electron chi connectivity index (χ2n) is 3.85. The Bertz CT molecular complexity index is 433. The van der Waals surface area contributed by atoms with Crippen LogP contribution in [0.4, 0.5) is 0 Å². The molecular weight excluding hydrogens is 198 g/mol. The maximum absolute atomic E-state index is 4.22. The van der Waals surface area contributed by atoms with Crippen LogP contribution in [0.1, 0.15) is 24.1 Å². The number of rotatable bonds is 4. The van der Waals surface area contributed by atoms with Gasteiger partial charge in [-0.1, -0.05) is 37.3 Å². The summed E-state index contributed by atoms with van der Waals surface area (Å²) in [5.41, 5.74) is 2.48. The largest absolute Gasteiger partial charge is 0.306 e. The van der Waals surface area contributed by atoms with Crippen LogP contribution in [0.15, 0.2) is 42.7 Å². The minimum absolute atomic E-state index is 0.236. The standard InChI is InChI=1S/C13H17N3/c1-3-14-13(11-7-5-4-6-8-11)12-9-15-16(2)10-12/h4-10,13-14H,3H2,1-2H3. The third-order valence-electron chi connectivity index (χ3n) is 2.60. The molecule has 0 saturated heterocycles. The molecule has 16 heavy (non-hydrogen) atoms. The number of aryl methyl sites for hydroxylation is 1. The van der Waals surface area contributed by atoms with Crippen LogP contribution in [0.25, 0.3) is 0 Å². The molecule has 1 aromatic carbocycles. The summed E-state index contributed by atoms with van der Waals surface area (Å²) in [6, 6.07) is 10.7. The molecule has 2 aromatic rings. The molecule has 0 aliphatic carbocycles. The van der Waals surface area contributed by atoms with Crippen molar-refractivity contribution in [3.63, 3.8) is 0 Å². The molecule has 2 rings (SSSR count). The van der Waals surface area contributed by atoms with E-state index in [1.807, 2.05) is 24.0 Å². The quantitative estimate of drug-likeness (QED) is 0.846. The van der Waals surface area contributed by atoms with Crippen molar-refractivity contribution in [1.29, 1.82) is 0 Å². The molecule has 3 nitrogen and oxygen atoms in total. The summed E-state index contributed by atoms with van der Waals surface area (Å²) in [6.45, 7) is 3.06. The lowest BCUT2D eigenvalue weighted by molar-refractivity contribution is 0.630. The zero-order chi connectivity index (χ0) is 11.4. The second-order valence-corrected chi connectivity index (χ2v) is 3.85. The Kier molecular flexibility index (Phi) is 3.37. The van der Waals surface area contributed by atoms with Crippen LogP contribution < -0.4 is 5.32 Å². The maximum Gasteiger partial charge on any atom is 0.0607 e. The van der Waals surface area contributed by atoms with Crippen molar-refractivity contribution in [3.05, 3.63) is 53.9 Å². The van der Waals surface area contributed by atoms with Crippen molar-refractivity contribution in [3.8, 4) is 0 Å². The molecule has 84 valence electrons. The van der Waals surface area contributed by atoms with Crippen molar-refractivity contribution in [2.24, 2.45) is 7.05 Å². The van der Waals surface area contributed by atoms with Gasteiger partial charge < -0.3 is 5.32 Å². The van der Waals surface area contributed by atoms with E-state index in [9.17, 15) is 0 Å². The van der Waals surface area contributed by atoms with Crippen LogP contribution in [-0.2, 0) is 7.05 Å². The van der Waals surface area contributed by atoms with Gasteiger partial charge in [-0.25, -0.2) is 0 Å². The highest BCUT2D eigenvalue weighted by molar-refractivity contribution is 5.28. The first-order valence-corrected chi connectivity index (χ1v) is 5.58. The van der Waals surface area contributed by atoms with Crippen molar-refractivity contribution < 1.29 is 0 Å². The zero-order valence-corrected chi connectivity index (χ0v) is 9.72. The highest BCUT2D eigenvalue weighted by atomic mass is 15.2. The second kappa shape index (κ2) is 4.94. The third kappa shape index (κ3) is 2.31. The summed E-state index contributed by atoms with van der Waals surface area (Å²) >= 11 is 0. The number of benzene rings is 1. The number of nitrogens with zero attached hydrogens (tertiary/aromatic N) is 2. The lowest BCUT2D eigenvalue weighted by atomic mass is 10.0. The molecule has 1 atom stereocenters. The van der Waals surface area contributed by atoms with Crippen LogP contribution in [0.2, 0.25) is 0 Å². The fourth-order valence-corrected chi connectivity index (χ4v) is 1.87. The smallest absolute Gasteiger partial charge is 0.0607 e. The van der Waals surface area contributed by atoms with E-state index in [2.05, 4.69) is 47.8 Å². The van der Waals surface area contributed by atoms with Gasteiger partial charge in [0.15, 0.2) is 0 Å². The Morgan fingerprint density at radius 2 is 2.00 bits per heavy atom. The number of aromatic nitrogens is 2. The van der Waals surface area contributed by atoms with Gasteiger partial charge in [-0.05, 0) is 12.1 Å². The van der Waals surface area contributed by atoms with Gasteiger partial charge in [0.25, 0.3) is 0 Å². The molecule has 1 unspecified atom stereocenters. The van der Waals surface area contributed by atoms with Gasteiger partial charge in [-0.15, -0.1) is 0 Å². The van der Waals surface area contributed by atoms with Gasteiger partial charge in [0.2, 0.25) is 0 Å². The summed E-state index contributed by atoms with van der Waals surface area (Å²) < 4.78 is 1.84. The van der Waals surface area contributed by atoms with Crippen molar-refractivity contribution in [1.82, 2.24) is 15.1 Å². The molecule has 1 N–H and O–H groups in total. The zero-order valence-electron chi connectivity index (χ0n) is 9.72. The van der Waals surface area contributed by atoms with Crippen LogP contribution >= 0.6 is 0 Å². The molecule has 0 aliphatic heterocycles. The lowest BCUT2D eigenvalue weighted by Crippen LogP contribution is -2.21. The summed E-state index contributed by atoms with van der Waals surface area (Å²) in [6.07, 6.45) is 3.97. The molecule has 1 aromatic heterocycles. The Morgan fingerprint density at radius 1 is 1.25 bits per heavy atom. The van der Waals surface area contributed by atoms with Gasteiger partial charge in [0, 0.05) is 18.8 Å². The Hall–Kier alpha value is -1.61. The van der Waals surface area contributed by atoms with Gasteiger partial charge >= 0.3 is 0 Å². The predicted molar refractivity (Wildman–Crippen MR) is 65.2 cm³/mol. The maximum atomic E-state index is 4.22. The number of hydrogen-bond donors (Lipinski definition) is 1. The van der Waals surface area contributed by atoms with E-state index in [1.54, 1.807) is 0 Å². The molecule has 1 heterocycles. The summed E-state index contributed by atoms with van der Waals surface area (Å²) in [5, 5.41) is 7.70. The summed E-state index contributed by atoms with van der Waals surface area (Å²) in [7, 11) is 1.94. The minimum atomic E-state index is 0.236. The van der Waals surface area contributed by atoms with Gasteiger partial charge in [-0.3, -0.25) is 4.68 Å². The van der Waals surface area contributed by atoms with E-state index in [1.165, 1.54) is 11.1 Å². The Balaban J connectivity index is 2.31. The topological polar surface area (TPSA) is 29.9 Å². The van der Waals surface area contributed by atoms with E-state index in [0.29, 0.717) is 0 Å². The number of nitrogens with one attached hydrogen (secondary N) is 1. The van der Waals surface area contributed by atoms with Crippen LogP contribution in [0.5, 0.6) is 0 Å². The first-order valence-electron chi connectivity index (χ1n) is 5.58. The Morgan fingerprint density at radius 3 is 2.56 bits per heavy atom. The summed E-state index contributed by atoms with van der Waals surface area (Å²) in [5.74, 6) is 0. The predicted octanol–water partition coefficient (Wildman–Crippen LogP) is 2.12. The lowest BCUT2D eigenvalue weighted by Gasteiger charge is -2.16. The molecule has 0 bridgehead atoms. The molecule has 0 fully saturated rings. The molecule has 0 amide bonds. The van der Waals surface area contributed by atoms with E-state index in [4.69, 9.17) is 0 Å². The SMILES string of the molecule is CCNC(c1ccccc1)c1cnn(C)c1. The fourth-order valence-electron chi connectivity index (χ4n) is 1.87. The van der Waals surface area contributed by atoms with Crippen molar-refractivity contribution in [2.45, 2.75) is 13.0 Å². The van der Waals surface area contributed by atoms with E-state index in [-0.39, 0.29) is 6.04 Å². The fraction of sp³-hybridized carbons (Fsp3) is 0.308. The van der Waals surface area contributed by atoms with E-state index < -0.39 is 0 Å². The molecule has 0 saturated carbocycles. The first kappa shape index (κ1) is 10.9. The van der Waals surface area contributed by atoms with E-state index >= 15 is 0 Å². The molecule has 0 spiro atoms. The van der Waals surface area contributed by atoms with E-state index in [0.717, 1.165) is 6.54 Å². The number of hydrogen-bond acceptors (Lipinski definition) is 2. The van der Waals surface area contributed by atoms with Crippen LogP contribution in [0, 0.1) is 0 Å². The minimum Gasteiger partial charge on any atom is -0.306 e. The molecule has 0 radical (unpaired) electrons. The highest BCUT2D eigenvalue weighted by Gasteiger charge is 2.13. The molecule has 3 heteroatoms.